The van der Waals surface area contributed by atoms with Gasteiger partial charge in [0.15, 0.2) is 0 Å². The summed E-state index contributed by atoms with van der Waals surface area (Å²) < 4.78 is 12.8. The van der Waals surface area contributed by atoms with E-state index in [2.05, 4.69) is 9.97 Å². The highest BCUT2D eigenvalue weighted by Crippen LogP contribution is 2.23. The highest BCUT2D eigenvalue weighted by atomic mass is 32.1. The zero-order chi connectivity index (χ0) is 16.1. The number of fused-ring (bicyclic) bond motifs is 2. The Kier molecular flexibility index (Phi) is 5.05. The molecule has 0 aliphatic rings. The Morgan fingerprint density at radius 2 is 1.43 bits per heavy atom. The molecule has 4 nitrogen and oxygen atoms in total. The largest absolute Gasteiger partial charge is 0.497 e. The molecular formula is C17H16N2O2S2. The lowest BCUT2D eigenvalue weighted by Gasteiger charge is -2.00. The van der Waals surface area contributed by atoms with E-state index in [1.54, 1.807) is 29.8 Å². The second-order valence-corrected chi connectivity index (χ2v) is 6.37. The van der Waals surface area contributed by atoms with Crippen molar-refractivity contribution < 1.29 is 9.47 Å². The third kappa shape index (κ3) is 3.78. The van der Waals surface area contributed by atoms with Gasteiger partial charge in [0.2, 0.25) is 0 Å². The Morgan fingerprint density at radius 1 is 0.870 bits per heavy atom. The molecule has 0 saturated heterocycles. The van der Waals surface area contributed by atoms with Crippen LogP contribution >= 0.6 is 22.7 Å². The van der Waals surface area contributed by atoms with Crippen molar-refractivity contribution in [2.45, 2.75) is 6.92 Å². The van der Waals surface area contributed by atoms with Crippen molar-refractivity contribution in [3.63, 3.8) is 0 Å². The number of nitrogens with zero attached hydrogens (tertiary/aromatic N) is 2. The van der Waals surface area contributed by atoms with Crippen molar-refractivity contribution in [1.82, 2.24) is 9.97 Å². The molecule has 118 valence electrons. The molecule has 0 aliphatic carbocycles. The van der Waals surface area contributed by atoms with Gasteiger partial charge >= 0.3 is 0 Å². The summed E-state index contributed by atoms with van der Waals surface area (Å²) in [6.45, 7) is 2.68. The van der Waals surface area contributed by atoms with Crippen LogP contribution in [0, 0.1) is 0 Å². The Morgan fingerprint density at radius 3 is 2.00 bits per heavy atom. The van der Waals surface area contributed by atoms with Gasteiger partial charge in [-0.05, 0) is 31.2 Å². The quantitative estimate of drug-likeness (QED) is 0.524. The Hall–Kier alpha value is -2.18. The summed E-state index contributed by atoms with van der Waals surface area (Å²) in [6.07, 6.45) is 0. The Bertz CT molecular complexity index is 902. The second kappa shape index (κ2) is 7.39. The van der Waals surface area contributed by atoms with Crippen LogP contribution in [0.2, 0.25) is 0 Å². The summed E-state index contributed by atoms with van der Waals surface area (Å²) in [4.78, 5) is 8.37. The standard InChI is InChI=1S/C9H9NOS.C8H7NOS/c1-2-11-7-3-4-9-8(5-7)10-6-12-9;1-10-6-2-3-8-7(4-6)9-5-11-8/h3-6H,2H2,1H3;2-5H,1H3. The van der Waals surface area contributed by atoms with Crippen LogP contribution in [-0.2, 0) is 0 Å². The van der Waals surface area contributed by atoms with Crippen molar-refractivity contribution in [2.75, 3.05) is 13.7 Å². The van der Waals surface area contributed by atoms with Crippen molar-refractivity contribution in [2.24, 2.45) is 0 Å². The molecule has 2 aromatic carbocycles. The average molecular weight is 344 g/mol. The molecule has 4 rings (SSSR count). The molecule has 23 heavy (non-hydrogen) atoms. The Labute approximate surface area is 142 Å². The highest BCUT2D eigenvalue weighted by molar-refractivity contribution is 7.17. The van der Waals surface area contributed by atoms with Crippen LogP contribution in [0.15, 0.2) is 47.4 Å². The summed E-state index contributed by atoms with van der Waals surface area (Å²) in [5, 5.41) is 0. The maximum absolute atomic E-state index is 5.35. The topological polar surface area (TPSA) is 44.2 Å². The van der Waals surface area contributed by atoms with Crippen LogP contribution < -0.4 is 9.47 Å². The summed E-state index contributed by atoms with van der Waals surface area (Å²) in [6, 6.07) is 11.9. The van der Waals surface area contributed by atoms with Gasteiger partial charge < -0.3 is 9.47 Å². The van der Waals surface area contributed by atoms with Gasteiger partial charge in [-0.1, -0.05) is 0 Å². The number of hydrogen-bond acceptors (Lipinski definition) is 6. The lowest BCUT2D eigenvalue weighted by atomic mass is 10.3. The lowest BCUT2D eigenvalue weighted by Crippen LogP contribution is -1.90. The smallest absolute Gasteiger partial charge is 0.121 e. The molecule has 6 heteroatoms. The van der Waals surface area contributed by atoms with Crippen LogP contribution in [0.3, 0.4) is 0 Å². The average Bonchev–Trinajstić information content (AvgIpc) is 3.23. The molecular weight excluding hydrogens is 328 g/mol. The number of ether oxygens (including phenoxy) is 2. The SMILES string of the molecule is CCOc1ccc2scnc2c1.COc1ccc2scnc2c1. The Balaban J connectivity index is 0.000000136. The van der Waals surface area contributed by atoms with Crippen molar-refractivity contribution in [1.29, 1.82) is 0 Å². The summed E-state index contributed by atoms with van der Waals surface area (Å²) in [5.41, 5.74) is 5.71. The van der Waals surface area contributed by atoms with Crippen LogP contribution in [0.25, 0.3) is 20.4 Å². The number of thiazole rings is 2. The minimum atomic E-state index is 0.704. The minimum Gasteiger partial charge on any atom is -0.497 e. The third-order valence-corrected chi connectivity index (χ3v) is 4.77. The first-order chi connectivity index (χ1) is 11.3. The molecule has 2 heterocycles. The van der Waals surface area contributed by atoms with Crippen molar-refractivity contribution in [3.8, 4) is 11.5 Å². The van der Waals surface area contributed by atoms with Crippen molar-refractivity contribution >= 4 is 43.1 Å². The zero-order valence-electron chi connectivity index (χ0n) is 12.9. The van der Waals surface area contributed by atoms with E-state index >= 15 is 0 Å². The van der Waals surface area contributed by atoms with Gasteiger partial charge in [-0.15, -0.1) is 22.7 Å². The number of benzene rings is 2. The lowest BCUT2D eigenvalue weighted by molar-refractivity contribution is 0.340. The van der Waals surface area contributed by atoms with Crippen LogP contribution in [-0.4, -0.2) is 23.7 Å². The van der Waals surface area contributed by atoms with E-state index in [1.807, 2.05) is 54.3 Å². The van der Waals surface area contributed by atoms with E-state index in [1.165, 1.54) is 9.40 Å². The molecule has 0 atom stereocenters. The van der Waals surface area contributed by atoms with E-state index in [9.17, 15) is 0 Å². The fourth-order valence-corrected chi connectivity index (χ4v) is 3.38. The normalized spacial score (nSPS) is 10.3. The van der Waals surface area contributed by atoms with Crippen LogP contribution in [0.5, 0.6) is 11.5 Å². The van der Waals surface area contributed by atoms with Gasteiger partial charge in [0.1, 0.15) is 11.5 Å². The monoisotopic (exact) mass is 344 g/mol. The highest BCUT2D eigenvalue weighted by Gasteiger charge is 1.98. The van der Waals surface area contributed by atoms with Gasteiger partial charge in [0, 0.05) is 12.1 Å². The molecule has 4 aromatic rings. The van der Waals surface area contributed by atoms with Gasteiger partial charge in [-0.25, -0.2) is 9.97 Å². The predicted octanol–water partition coefficient (Wildman–Crippen LogP) is 5.00. The van der Waals surface area contributed by atoms with Gasteiger partial charge in [0.25, 0.3) is 0 Å². The van der Waals surface area contributed by atoms with Crippen molar-refractivity contribution in [3.05, 3.63) is 47.4 Å². The molecule has 0 fully saturated rings. The van der Waals surface area contributed by atoms with Gasteiger partial charge in [-0.2, -0.15) is 0 Å². The first kappa shape index (κ1) is 15.7. The van der Waals surface area contributed by atoms with Gasteiger partial charge in [-0.3, -0.25) is 0 Å². The number of aromatic nitrogens is 2. The molecule has 0 spiro atoms. The fraction of sp³-hybridized carbons (Fsp3) is 0.176. The third-order valence-electron chi connectivity index (χ3n) is 3.15. The number of methoxy groups -OCH3 is 1. The van der Waals surface area contributed by atoms with E-state index in [4.69, 9.17) is 9.47 Å². The van der Waals surface area contributed by atoms with E-state index in [0.717, 1.165) is 22.5 Å². The summed E-state index contributed by atoms with van der Waals surface area (Å²) in [7, 11) is 1.66. The van der Waals surface area contributed by atoms with Gasteiger partial charge in [0.05, 0.1) is 45.2 Å². The molecule has 0 aliphatic heterocycles. The molecule has 0 radical (unpaired) electrons. The second-order valence-electron chi connectivity index (χ2n) is 4.60. The maximum atomic E-state index is 5.35. The van der Waals surface area contributed by atoms with E-state index in [0.29, 0.717) is 6.61 Å². The minimum absolute atomic E-state index is 0.704. The van der Waals surface area contributed by atoms with E-state index in [-0.39, 0.29) is 0 Å². The zero-order valence-corrected chi connectivity index (χ0v) is 14.5. The fourth-order valence-electron chi connectivity index (χ4n) is 2.06. The molecule has 0 amide bonds. The van der Waals surface area contributed by atoms with E-state index < -0.39 is 0 Å². The summed E-state index contributed by atoms with van der Waals surface area (Å²) in [5.74, 6) is 1.76. The molecule has 0 unspecified atom stereocenters. The molecule has 2 aromatic heterocycles. The predicted molar refractivity (Wildman–Crippen MR) is 97.0 cm³/mol. The summed E-state index contributed by atoms with van der Waals surface area (Å²) >= 11 is 3.29. The molecule has 0 bridgehead atoms. The molecule has 0 N–H and O–H groups in total. The van der Waals surface area contributed by atoms with Crippen LogP contribution in [0.1, 0.15) is 6.92 Å². The first-order valence-corrected chi connectivity index (χ1v) is 8.89. The first-order valence-electron chi connectivity index (χ1n) is 7.13. The van der Waals surface area contributed by atoms with Crippen LogP contribution in [0.4, 0.5) is 0 Å². The number of hydrogen-bond donors (Lipinski definition) is 0. The maximum Gasteiger partial charge on any atom is 0.121 e. The molecule has 0 saturated carbocycles. The number of rotatable bonds is 3.